The first-order valence-corrected chi connectivity index (χ1v) is 9.08. The molecule has 2 N–H and O–H groups in total. The quantitative estimate of drug-likeness (QED) is 0.793. The Labute approximate surface area is 143 Å². The minimum Gasteiger partial charge on any atom is -0.367 e. The molecule has 1 aromatic heterocycles. The molecule has 7 nitrogen and oxygen atoms in total. The predicted octanol–water partition coefficient (Wildman–Crippen LogP) is 1.87. The zero-order valence-electron chi connectivity index (χ0n) is 14.4. The highest BCUT2D eigenvalue weighted by molar-refractivity contribution is 7.92. The van der Waals surface area contributed by atoms with E-state index in [0.717, 1.165) is 24.2 Å². The first-order chi connectivity index (χ1) is 11.3. The Morgan fingerprint density at radius 2 is 1.67 bits per heavy atom. The van der Waals surface area contributed by atoms with Crippen LogP contribution in [0.2, 0.25) is 0 Å². The lowest BCUT2D eigenvalue weighted by molar-refractivity contribution is 0.425. The van der Waals surface area contributed by atoms with Gasteiger partial charge in [0.05, 0.1) is 4.90 Å². The van der Waals surface area contributed by atoms with Crippen LogP contribution in [-0.2, 0) is 10.0 Å². The van der Waals surface area contributed by atoms with Crippen molar-refractivity contribution in [1.29, 1.82) is 0 Å². The van der Waals surface area contributed by atoms with Crippen LogP contribution in [0.3, 0.4) is 0 Å². The third-order valence-electron chi connectivity index (χ3n) is 3.56. The van der Waals surface area contributed by atoms with Crippen LogP contribution in [0.5, 0.6) is 0 Å². The Morgan fingerprint density at radius 3 is 2.25 bits per heavy atom. The van der Waals surface area contributed by atoms with E-state index in [0.29, 0.717) is 5.82 Å². The Morgan fingerprint density at radius 1 is 1.00 bits per heavy atom. The highest BCUT2D eigenvalue weighted by Crippen LogP contribution is 2.18. The average molecular weight is 349 g/mol. The molecular weight excluding hydrogens is 326 g/mol. The summed E-state index contributed by atoms with van der Waals surface area (Å²) in [4.78, 5) is 2.26. The van der Waals surface area contributed by atoms with Crippen LogP contribution in [0, 0.1) is 13.8 Å². The summed E-state index contributed by atoms with van der Waals surface area (Å²) in [7, 11) is 0.295. The van der Waals surface area contributed by atoms with Crippen LogP contribution in [0.15, 0.2) is 35.2 Å². The molecule has 2 rings (SSSR count). The number of aromatic nitrogens is 2. The molecule has 8 heteroatoms. The van der Waals surface area contributed by atoms with Crippen molar-refractivity contribution in [2.24, 2.45) is 0 Å². The van der Waals surface area contributed by atoms with Gasteiger partial charge in [0.25, 0.3) is 10.0 Å². The molecule has 0 unspecified atom stereocenters. The van der Waals surface area contributed by atoms with E-state index in [2.05, 4.69) is 20.2 Å². The number of hydrogen-bond acceptors (Lipinski definition) is 6. The zero-order valence-corrected chi connectivity index (χ0v) is 15.2. The lowest BCUT2D eigenvalue weighted by atomic mass is 10.1. The van der Waals surface area contributed by atoms with Gasteiger partial charge in [0.1, 0.15) is 5.82 Å². The Hall–Kier alpha value is -2.19. The molecule has 0 spiro atoms. The fourth-order valence-corrected chi connectivity index (χ4v) is 3.05. The van der Waals surface area contributed by atoms with Gasteiger partial charge >= 0.3 is 0 Å². The summed E-state index contributed by atoms with van der Waals surface area (Å²) in [5.74, 6) is 0.789. The molecule has 0 aliphatic carbocycles. The number of anilines is 2. The minimum atomic E-state index is -3.67. The van der Waals surface area contributed by atoms with Crippen molar-refractivity contribution in [1.82, 2.24) is 15.1 Å². The van der Waals surface area contributed by atoms with Crippen molar-refractivity contribution in [3.05, 3.63) is 41.5 Å². The number of nitrogens with one attached hydrogen (secondary N) is 2. The maximum Gasteiger partial charge on any atom is 0.263 e. The minimum absolute atomic E-state index is 0.186. The van der Waals surface area contributed by atoms with Crippen LogP contribution in [0.1, 0.15) is 11.1 Å². The van der Waals surface area contributed by atoms with Crippen LogP contribution in [-0.4, -0.2) is 50.7 Å². The first-order valence-electron chi connectivity index (χ1n) is 7.60. The molecule has 0 aliphatic heterocycles. The molecule has 0 radical (unpaired) electrons. The van der Waals surface area contributed by atoms with E-state index >= 15 is 0 Å². The average Bonchev–Trinajstić information content (AvgIpc) is 2.51. The fraction of sp³-hybridized carbons (Fsp3) is 0.375. The molecule has 0 bridgehead atoms. The summed E-state index contributed by atoms with van der Waals surface area (Å²) in [5.41, 5.74) is 1.96. The largest absolute Gasteiger partial charge is 0.367 e. The second kappa shape index (κ2) is 7.59. The number of rotatable bonds is 7. The molecule has 0 atom stereocenters. The van der Waals surface area contributed by atoms with Gasteiger partial charge in [-0.3, -0.25) is 4.72 Å². The van der Waals surface area contributed by atoms with Gasteiger partial charge in [-0.05, 0) is 63.3 Å². The maximum atomic E-state index is 12.4. The van der Waals surface area contributed by atoms with E-state index in [-0.39, 0.29) is 10.7 Å². The number of likely N-dealkylation sites (N-methyl/N-ethyl adjacent to an activating group) is 1. The number of sulfonamides is 1. The number of nitrogens with zero attached hydrogens (tertiary/aromatic N) is 3. The van der Waals surface area contributed by atoms with E-state index in [1.165, 1.54) is 0 Å². The molecule has 1 heterocycles. The second-order valence-corrected chi connectivity index (χ2v) is 7.57. The highest BCUT2D eigenvalue weighted by Gasteiger charge is 2.15. The molecule has 0 saturated carbocycles. The van der Waals surface area contributed by atoms with Crippen LogP contribution in [0.25, 0.3) is 0 Å². The number of aryl methyl sites for hydroxylation is 2. The summed E-state index contributed by atoms with van der Waals surface area (Å²) in [6.07, 6.45) is 0. The topological polar surface area (TPSA) is 87.2 Å². The van der Waals surface area contributed by atoms with E-state index in [9.17, 15) is 8.42 Å². The molecular formula is C16H23N5O2S. The van der Waals surface area contributed by atoms with Gasteiger partial charge in [0, 0.05) is 13.1 Å². The van der Waals surface area contributed by atoms with E-state index in [1.54, 1.807) is 30.3 Å². The van der Waals surface area contributed by atoms with Crippen molar-refractivity contribution >= 4 is 21.7 Å². The molecule has 130 valence electrons. The van der Waals surface area contributed by atoms with Crippen molar-refractivity contribution in [3.63, 3.8) is 0 Å². The number of hydrogen-bond donors (Lipinski definition) is 2. The third-order valence-corrected chi connectivity index (χ3v) is 4.91. The van der Waals surface area contributed by atoms with E-state index in [1.807, 2.05) is 32.8 Å². The van der Waals surface area contributed by atoms with Crippen molar-refractivity contribution in [2.45, 2.75) is 18.7 Å². The molecule has 0 saturated heterocycles. The van der Waals surface area contributed by atoms with Crippen LogP contribution in [0.4, 0.5) is 11.6 Å². The van der Waals surface area contributed by atoms with Gasteiger partial charge in [0.15, 0.2) is 5.82 Å². The van der Waals surface area contributed by atoms with Gasteiger partial charge in [-0.2, -0.15) is 0 Å². The summed E-state index contributed by atoms with van der Waals surface area (Å²) in [6, 6.07) is 8.29. The van der Waals surface area contributed by atoms with Gasteiger partial charge in [0.2, 0.25) is 0 Å². The summed E-state index contributed by atoms with van der Waals surface area (Å²) < 4.78 is 27.2. The second-order valence-electron chi connectivity index (χ2n) is 5.89. The number of benzene rings is 1. The van der Waals surface area contributed by atoms with Crippen LogP contribution < -0.4 is 10.0 Å². The van der Waals surface area contributed by atoms with E-state index in [4.69, 9.17) is 0 Å². The lowest BCUT2D eigenvalue weighted by Crippen LogP contribution is -2.21. The van der Waals surface area contributed by atoms with Crippen LogP contribution >= 0.6 is 0 Å². The van der Waals surface area contributed by atoms with Crippen molar-refractivity contribution in [2.75, 3.05) is 37.2 Å². The molecule has 1 aromatic carbocycles. The third kappa shape index (κ3) is 4.90. The summed E-state index contributed by atoms with van der Waals surface area (Å²) in [5, 5.41) is 11.0. The monoisotopic (exact) mass is 349 g/mol. The van der Waals surface area contributed by atoms with Crippen molar-refractivity contribution < 1.29 is 8.42 Å². The summed E-state index contributed by atoms with van der Waals surface area (Å²) >= 11 is 0. The highest BCUT2D eigenvalue weighted by atomic mass is 32.2. The molecule has 0 aliphatic rings. The fourth-order valence-electron chi connectivity index (χ4n) is 1.97. The Kier molecular flexibility index (Phi) is 5.74. The summed E-state index contributed by atoms with van der Waals surface area (Å²) in [6.45, 7) is 5.41. The molecule has 24 heavy (non-hydrogen) atoms. The SMILES string of the molecule is Cc1ccc(S(=O)(=O)Nc2ccc(NCCN(C)C)nn2)cc1C. The zero-order chi connectivity index (χ0) is 17.7. The van der Waals surface area contributed by atoms with Gasteiger partial charge in [-0.1, -0.05) is 6.07 Å². The Bertz CT molecular complexity index is 789. The molecule has 0 fully saturated rings. The predicted molar refractivity (Wildman–Crippen MR) is 95.8 cm³/mol. The van der Waals surface area contributed by atoms with Gasteiger partial charge in [-0.25, -0.2) is 8.42 Å². The Balaban J connectivity index is 2.05. The first kappa shape index (κ1) is 18.2. The lowest BCUT2D eigenvalue weighted by Gasteiger charge is -2.11. The van der Waals surface area contributed by atoms with Gasteiger partial charge < -0.3 is 10.2 Å². The van der Waals surface area contributed by atoms with Crippen molar-refractivity contribution in [3.8, 4) is 0 Å². The normalized spacial score (nSPS) is 11.5. The smallest absolute Gasteiger partial charge is 0.263 e. The maximum absolute atomic E-state index is 12.4. The van der Waals surface area contributed by atoms with Gasteiger partial charge in [-0.15, -0.1) is 10.2 Å². The molecule has 2 aromatic rings. The van der Waals surface area contributed by atoms with E-state index < -0.39 is 10.0 Å². The standard InChI is InChI=1S/C16H23N5O2S/c1-12-5-6-14(11-13(12)2)24(22,23)20-16-8-7-15(18-19-16)17-9-10-21(3)4/h5-8,11H,9-10H2,1-4H3,(H,17,18)(H,19,20). The molecule has 0 amide bonds.